The Hall–Kier alpha value is -3.90. The van der Waals surface area contributed by atoms with E-state index >= 15 is 0 Å². The summed E-state index contributed by atoms with van der Waals surface area (Å²) in [6.07, 6.45) is 1.49. The lowest BCUT2D eigenvalue weighted by molar-refractivity contribution is 0.102. The number of para-hydroxylation sites is 2. The van der Waals surface area contributed by atoms with E-state index in [-0.39, 0.29) is 11.6 Å². The first kappa shape index (κ1) is 18.1. The van der Waals surface area contributed by atoms with Crippen LogP contribution >= 0.6 is 11.3 Å². The van der Waals surface area contributed by atoms with Gasteiger partial charge in [0.05, 0.1) is 22.9 Å². The van der Waals surface area contributed by atoms with Crippen molar-refractivity contribution in [3.05, 3.63) is 96.1 Å². The van der Waals surface area contributed by atoms with Crippen molar-refractivity contribution >= 4 is 34.0 Å². The van der Waals surface area contributed by atoms with E-state index in [2.05, 4.69) is 27.4 Å². The van der Waals surface area contributed by atoms with Crippen LogP contribution in [0.2, 0.25) is 0 Å². The van der Waals surface area contributed by atoms with Crippen molar-refractivity contribution in [2.45, 2.75) is 0 Å². The second kappa shape index (κ2) is 7.85. The summed E-state index contributed by atoms with van der Waals surface area (Å²) in [6, 6.07) is 25.2. The average Bonchev–Trinajstić information content (AvgIpc) is 3.30. The molecular formula is C24H16N4OS. The maximum absolute atomic E-state index is 12.5. The van der Waals surface area contributed by atoms with Gasteiger partial charge in [-0.2, -0.15) is 0 Å². The zero-order valence-corrected chi connectivity index (χ0v) is 16.6. The van der Waals surface area contributed by atoms with Crippen LogP contribution in [0.1, 0.15) is 10.5 Å². The highest BCUT2D eigenvalue weighted by molar-refractivity contribution is 7.13. The van der Waals surface area contributed by atoms with Gasteiger partial charge in [0.2, 0.25) is 0 Å². The van der Waals surface area contributed by atoms with Crippen LogP contribution in [-0.2, 0) is 0 Å². The van der Waals surface area contributed by atoms with Crippen molar-refractivity contribution in [1.29, 1.82) is 0 Å². The first-order valence-electron chi connectivity index (χ1n) is 9.41. The summed E-state index contributed by atoms with van der Waals surface area (Å²) in [7, 11) is 0. The summed E-state index contributed by atoms with van der Waals surface area (Å²) >= 11 is 1.61. The number of amides is 1. The predicted octanol–water partition coefficient (Wildman–Crippen LogP) is 5.67. The Kier molecular flexibility index (Phi) is 4.75. The van der Waals surface area contributed by atoms with Crippen molar-refractivity contribution in [2.24, 2.45) is 0 Å². The Labute approximate surface area is 177 Å². The number of fused-ring (bicyclic) bond motifs is 1. The molecule has 0 bridgehead atoms. The molecule has 0 aliphatic rings. The molecule has 0 aliphatic carbocycles. The average molecular weight is 408 g/mol. The lowest BCUT2D eigenvalue weighted by Crippen LogP contribution is -2.14. The van der Waals surface area contributed by atoms with Gasteiger partial charge < -0.3 is 5.32 Å². The third-order valence-electron chi connectivity index (χ3n) is 4.64. The molecule has 5 rings (SSSR count). The molecule has 2 heterocycles. The number of thiazole rings is 1. The fourth-order valence-electron chi connectivity index (χ4n) is 3.11. The van der Waals surface area contributed by atoms with Gasteiger partial charge in [-0.25, -0.2) is 9.97 Å². The van der Waals surface area contributed by atoms with Crippen molar-refractivity contribution in [2.75, 3.05) is 5.32 Å². The second-order valence-corrected chi connectivity index (χ2v) is 7.54. The Balaban J connectivity index is 1.32. The molecular weight excluding hydrogens is 392 g/mol. The van der Waals surface area contributed by atoms with E-state index in [1.165, 1.54) is 6.20 Å². The van der Waals surface area contributed by atoms with Gasteiger partial charge in [-0.15, -0.1) is 11.3 Å². The van der Waals surface area contributed by atoms with E-state index in [1.807, 2.05) is 72.1 Å². The van der Waals surface area contributed by atoms with Gasteiger partial charge in [-0.3, -0.25) is 9.78 Å². The maximum Gasteiger partial charge on any atom is 0.275 e. The van der Waals surface area contributed by atoms with Crippen LogP contribution in [0.5, 0.6) is 0 Å². The number of anilines is 1. The van der Waals surface area contributed by atoms with Crippen molar-refractivity contribution < 1.29 is 4.79 Å². The summed E-state index contributed by atoms with van der Waals surface area (Å²) in [5.74, 6) is -0.291. The molecule has 1 N–H and O–H groups in total. The third-order valence-corrected chi connectivity index (χ3v) is 5.54. The lowest BCUT2D eigenvalue weighted by Gasteiger charge is -2.06. The fourth-order valence-corrected chi connectivity index (χ4v) is 3.94. The summed E-state index contributed by atoms with van der Waals surface area (Å²) in [4.78, 5) is 26.0. The monoisotopic (exact) mass is 408 g/mol. The van der Waals surface area contributed by atoms with Crippen LogP contribution in [0.15, 0.2) is 90.4 Å². The third kappa shape index (κ3) is 3.68. The number of nitrogens with one attached hydrogen (secondary N) is 1. The molecule has 5 nitrogen and oxygen atoms in total. The van der Waals surface area contributed by atoms with E-state index in [0.29, 0.717) is 11.2 Å². The molecule has 0 radical (unpaired) electrons. The number of carbonyl (C=O) groups excluding carboxylic acids is 1. The quantitative estimate of drug-likeness (QED) is 0.416. The van der Waals surface area contributed by atoms with Crippen LogP contribution in [-0.4, -0.2) is 20.9 Å². The Morgan fingerprint density at radius 1 is 0.767 bits per heavy atom. The van der Waals surface area contributed by atoms with E-state index < -0.39 is 0 Å². The van der Waals surface area contributed by atoms with Gasteiger partial charge in [0.25, 0.3) is 5.91 Å². The Morgan fingerprint density at radius 3 is 2.30 bits per heavy atom. The molecule has 30 heavy (non-hydrogen) atoms. The number of aromatic nitrogens is 3. The number of nitrogens with zero attached hydrogens (tertiary/aromatic N) is 3. The zero-order valence-electron chi connectivity index (χ0n) is 15.8. The molecule has 1 amide bonds. The van der Waals surface area contributed by atoms with E-state index in [9.17, 15) is 4.79 Å². The molecule has 3 aromatic carbocycles. The number of hydrogen-bond acceptors (Lipinski definition) is 5. The molecule has 5 aromatic rings. The molecule has 0 atom stereocenters. The first-order chi connectivity index (χ1) is 14.8. The molecule has 0 fully saturated rings. The topological polar surface area (TPSA) is 67.8 Å². The van der Waals surface area contributed by atoms with Crippen LogP contribution in [0.4, 0.5) is 5.69 Å². The summed E-state index contributed by atoms with van der Waals surface area (Å²) in [6.45, 7) is 0. The minimum absolute atomic E-state index is 0.282. The molecule has 0 spiro atoms. The number of rotatable bonds is 4. The van der Waals surface area contributed by atoms with Gasteiger partial charge in [0.15, 0.2) is 0 Å². The lowest BCUT2D eigenvalue weighted by atomic mass is 10.1. The maximum atomic E-state index is 12.5. The van der Waals surface area contributed by atoms with Gasteiger partial charge >= 0.3 is 0 Å². The van der Waals surface area contributed by atoms with Crippen LogP contribution < -0.4 is 5.32 Å². The summed E-state index contributed by atoms with van der Waals surface area (Å²) in [5.41, 5.74) is 5.44. The van der Waals surface area contributed by atoms with Crippen molar-refractivity contribution in [3.8, 4) is 21.8 Å². The second-order valence-electron chi connectivity index (χ2n) is 6.68. The molecule has 6 heteroatoms. The van der Waals surface area contributed by atoms with Gasteiger partial charge in [0.1, 0.15) is 10.7 Å². The largest absolute Gasteiger partial charge is 0.321 e. The first-order valence-corrected chi connectivity index (χ1v) is 10.3. The zero-order chi connectivity index (χ0) is 20.3. The minimum atomic E-state index is -0.291. The summed E-state index contributed by atoms with van der Waals surface area (Å²) in [5, 5.41) is 5.90. The highest BCUT2D eigenvalue weighted by Gasteiger charge is 2.11. The molecule has 0 saturated carbocycles. The summed E-state index contributed by atoms with van der Waals surface area (Å²) < 4.78 is 0. The molecule has 0 saturated heterocycles. The normalized spacial score (nSPS) is 10.8. The predicted molar refractivity (Wildman–Crippen MR) is 120 cm³/mol. The van der Waals surface area contributed by atoms with Crippen molar-refractivity contribution in [3.63, 3.8) is 0 Å². The van der Waals surface area contributed by atoms with E-state index in [0.717, 1.165) is 27.3 Å². The minimum Gasteiger partial charge on any atom is -0.321 e. The highest BCUT2D eigenvalue weighted by atomic mass is 32.1. The smallest absolute Gasteiger partial charge is 0.275 e. The van der Waals surface area contributed by atoms with Gasteiger partial charge in [-0.1, -0.05) is 54.6 Å². The number of carbonyl (C=O) groups is 1. The van der Waals surface area contributed by atoms with Crippen LogP contribution in [0.3, 0.4) is 0 Å². The molecule has 0 unspecified atom stereocenters. The molecule has 0 aliphatic heterocycles. The van der Waals surface area contributed by atoms with Gasteiger partial charge in [0, 0.05) is 22.2 Å². The fraction of sp³-hybridized carbons (Fsp3) is 0. The van der Waals surface area contributed by atoms with E-state index in [1.54, 1.807) is 11.3 Å². The Bertz CT molecular complexity index is 1330. The number of benzene rings is 3. The number of hydrogen-bond donors (Lipinski definition) is 1. The SMILES string of the molecule is O=C(Nc1ccc(-c2csc(-c3ccccc3)n2)cc1)c1cnc2ccccc2n1. The standard InChI is InChI=1S/C24H16N4OS/c29-23(21-14-25-19-8-4-5-9-20(19)27-21)26-18-12-10-16(11-13-18)22-15-30-24(28-22)17-6-2-1-3-7-17/h1-15H,(H,26,29). The Morgan fingerprint density at radius 2 is 1.50 bits per heavy atom. The van der Waals surface area contributed by atoms with E-state index in [4.69, 9.17) is 4.98 Å². The van der Waals surface area contributed by atoms with Gasteiger partial charge in [-0.05, 0) is 24.3 Å². The van der Waals surface area contributed by atoms with Crippen LogP contribution in [0.25, 0.3) is 32.9 Å². The highest BCUT2D eigenvalue weighted by Crippen LogP contribution is 2.29. The molecule has 2 aromatic heterocycles. The molecule has 144 valence electrons. The van der Waals surface area contributed by atoms with Crippen LogP contribution in [0, 0.1) is 0 Å². The van der Waals surface area contributed by atoms with Crippen molar-refractivity contribution in [1.82, 2.24) is 15.0 Å².